The zero-order valence-corrected chi connectivity index (χ0v) is 40.4. The number of nitrogens with one attached hydrogen (secondary N) is 2. The summed E-state index contributed by atoms with van der Waals surface area (Å²) in [7, 11) is 3.14. The van der Waals surface area contributed by atoms with Gasteiger partial charge in [-0.25, -0.2) is 9.59 Å². The van der Waals surface area contributed by atoms with Crippen LogP contribution in [0.4, 0.5) is 4.79 Å². The molecule has 6 aromatic rings. The molecule has 7 rings (SSSR count). The fourth-order valence-electron chi connectivity index (χ4n) is 8.71. The van der Waals surface area contributed by atoms with E-state index < -0.39 is 29.0 Å². The number of hydrogen-bond acceptors (Lipinski definition) is 10. The van der Waals surface area contributed by atoms with Gasteiger partial charge in [0.05, 0.1) is 42.8 Å². The van der Waals surface area contributed by atoms with E-state index in [9.17, 15) is 19.2 Å². The second-order valence-corrected chi connectivity index (χ2v) is 18.7. The summed E-state index contributed by atoms with van der Waals surface area (Å²) in [4.78, 5) is 59.4. The summed E-state index contributed by atoms with van der Waals surface area (Å²) >= 11 is 1.81. The van der Waals surface area contributed by atoms with Crippen LogP contribution in [0.3, 0.4) is 0 Å². The van der Waals surface area contributed by atoms with Gasteiger partial charge in [0.25, 0.3) is 0 Å². The Kier molecular flexibility index (Phi) is 17.6. The number of amides is 2. The van der Waals surface area contributed by atoms with Crippen LogP contribution in [0.15, 0.2) is 170 Å². The molecule has 356 valence electrons. The highest BCUT2D eigenvalue weighted by molar-refractivity contribution is 8.00. The van der Waals surface area contributed by atoms with Gasteiger partial charge >= 0.3 is 18.0 Å². The van der Waals surface area contributed by atoms with E-state index in [0.29, 0.717) is 24.4 Å². The predicted molar refractivity (Wildman–Crippen MR) is 271 cm³/mol. The Morgan fingerprint density at radius 3 is 1.86 bits per heavy atom. The third kappa shape index (κ3) is 13.0. The summed E-state index contributed by atoms with van der Waals surface area (Å²) in [5.41, 5.74) is 9.18. The number of nitrogens with zero attached hydrogens (tertiary/aromatic N) is 2. The SMILES string of the molecule is COC(=O)CN(C)Cc1cccc(CNC(=O)C[C@@H](C=CCCSC(c2ccccc2)(c2ccccc2)c2ccccc2)OC(=O)[C@H](NC(=O)OCC2c3ccccc3-c3ccccc32)C(C)C)n1. The van der Waals surface area contributed by atoms with Crippen molar-refractivity contribution in [2.24, 2.45) is 5.92 Å². The Morgan fingerprint density at radius 2 is 1.29 bits per heavy atom. The van der Waals surface area contributed by atoms with Gasteiger partial charge in [-0.05, 0) is 82.3 Å². The summed E-state index contributed by atoms with van der Waals surface area (Å²) in [6.45, 7) is 4.37. The minimum Gasteiger partial charge on any atom is -0.468 e. The first-order chi connectivity index (χ1) is 33.5. The Bertz CT molecular complexity index is 2540. The minimum absolute atomic E-state index is 0.0886. The molecule has 1 heterocycles. The number of carbonyl (C=O) groups is 4. The molecule has 69 heavy (non-hydrogen) atoms. The van der Waals surface area contributed by atoms with Crippen molar-refractivity contribution in [1.82, 2.24) is 20.5 Å². The van der Waals surface area contributed by atoms with Gasteiger partial charge in [-0.2, -0.15) is 0 Å². The molecule has 12 heteroatoms. The molecule has 11 nitrogen and oxygen atoms in total. The molecule has 0 radical (unpaired) electrons. The van der Waals surface area contributed by atoms with E-state index in [4.69, 9.17) is 14.2 Å². The van der Waals surface area contributed by atoms with E-state index >= 15 is 0 Å². The monoisotopic (exact) mass is 944 g/mol. The Labute approximate surface area is 409 Å². The smallest absolute Gasteiger partial charge is 0.407 e. The fourth-order valence-corrected chi connectivity index (χ4v) is 10.2. The van der Waals surface area contributed by atoms with Gasteiger partial charge in [0.15, 0.2) is 0 Å². The average molecular weight is 945 g/mol. The number of allylic oxidation sites excluding steroid dienone is 1. The Hall–Kier alpha value is -7.02. The molecule has 1 aliphatic rings. The van der Waals surface area contributed by atoms with Crippen LogP contribution >= 0.6 is 11.8 Å². The van der Waals surface area contributed by atoms with Crippen molar-refractivity contribution in [3.8, 4) is 11.1 Å². The van der Waals surface area contributed by atoms with Gasteiger partial charge in [-0.1, -0.05) is 166 Å². The van der Waals surface area contributed by atoms with Crippen LogP contribution in [0.25, 0.3) is 11.1 Å². The summed E-state index contributed by atoms with van der Waals surface area (Å²) in [5.74, 6) is -1.21. The molecule has 5 aromatic carbocycles. The Balaban J connectivity index is 1.05. The molecule has 2 amide bonds. The largest absolute Gasteiger partial charge is 0.468 e. The third-order valence-corrected chi connectivity index (χ3v) is 13.7. The second kappa shape index (κ2) is 24.3. The van der Waals surface area contributed by atoms with Gasteiger partial charge in [-0.15, -0.1) is 11.8 Å². The third-order valence-electron chi connectivity index (χ3n) is 12.1. The predicted octanol–water partition coefficient (Wildman–Crippen LogP) is 9.84. The number of benzene rings is 5. The molecule has 0 aliphatic heterocycles. The number of fused-ring (bicyclic) bond motifs is 3. The molecule has 0 saturated heterocycles. The summed E-state index contributed by atoms with van der Waals surface area (Å²) in [6, 6.07) is 52.0. The summed E-state index contributed by atoms with van der Waals surface area (Å²) in [6.07, 6.45) is 2.44. The van der Waals surface area contributed by atoms with Crippen LogP contribution in [-0.4, -0.2) is 79.0 Å². The number of esters is 2. The van der Waals surface area contributed by atoms with Crippen molar-refractivity contribution in [2.75, 3.05) is 33.1 Å². The van der Waals surface area contributed by atoms with Gasteiger partial charge in [0.1, 0.15) is 18.8 Å². The number of aromatic nitrogens is 1. The second-order valence-electron chi connectivity index (χ2n) is 17.4. The van der Waals surface area contributed by atoms with Gasteiger partial charge < -0.3 is 24.8 Å². The standard InChI is InChI=1S/C57H60N4O7S/c1-40(2)54(60-56(65)67-39-51-49-32-16-14-30-47(49)48-31-15-17-33-50(48)51)55(64)68-46(35-52(62)58-36-44-27-20-28-45(59-44)37-61(3)38-53(63)66-4)29-18-19-34-69-57(41-21-8-5-9-22-41,42-23-10-6-11-24-42)43-25-12-7-13-26-43/h5-18,20-33,40,46,51,54H,19,34-39H2,1-4H3,(H,58,62)(H,60,65)/t46-,54-/m1/s1. The van der Waals surface area contributed by atoms with Crippen LogP contribution in [0.5, 0.6) is 0 Å². The van der Waals surface area contributed by atoms with E-state index in [2.05, 4.69) is 101 Å². The number of rotatable bonds is 22. The lowest BCUT2D eigenvalue weighted by molar-refractivity contribution is -0.151. The molecule has 0 unspecified atom stereocenters. The van der Waals surface area contributed by atoms with E-state index in [1.54, 1.807) is 18.0 Å². The van der Waals surface area contributed by atoms with E-state index in [1.807, 2.05) is 104 Å². The molecule has 2 N–H and O–H groups in total. The average Bonchev–Trinajstić information content (AvgIpc) is 3.69. The molecule has 0 fully saturated rings. The van der Waals surface area contributed by atoms with Gasteiger partial charge in [0, 0.05) is 12.5 Å². The van der Waals surface area contributed by atoms with Crippen LogP contribution in [-0.2, 0) is 46.4 Å². The molecule has 0 spiro atoms. The number of alkyl carbamates (subject to hydrolysis) is 1. The quantitative estimate of drug-likeness (QED) is 0.0223. The van der Waals surface area contributed by atoms with Crippen LogP contribution in [0.1, 0.15) is 71.8 Å². The van der Waals surface area contributed by atoms with Gasteiger partial charge in [0.2, 0.25) is 5.91 Å². The minimum atomic E-state index is -1.05. The van der Waals surface area contributed by atoms with Crippen molar-refractivity contribution in [3.05, 3.63) is 209 Å². The molecular formula is C57H60N4O7S. The molecule has 1 aromatic heterocycles. The van der Waals surface area contributed by atoms with E-state index in [0.717, 1.165) is 44.6 Å². The van der Waals surface area contributed by atoms with Crippen molar-refractivity contribution in [1.29, 1.82) is 0 Å². The number of hydrogen-bond donors (Lipinski definition) is 2. The van der Waals surface area contributed by atoms with Crippen LogP contribution < -0.4 is 10.6 Å². The van der Waals surface area contributed by atoms with E-state index in [1.165, 1.54) is 7.11 Å². The normalized spacial score (nSPS) is 13.1. The topological polar surface area (TPSA) is 136 Å². The Morgan fingerprint density at radius 1 is 0.739 bits per heavy atom. The molecular weight excluding hydrogens is 885 g/mol. The number of carbonyl (C=O) groups excluding carboxylic acids is 4. The highest BCUT2D eigenvalue weighted by Gasteiger charge is 2.37. The van der Waals surface area contributed by atoms with Crippen molar-refractivity contribution >= 4 is 35.7 Å². The van der Waals surface area contributed by atoms with Crippen LogP contribution in [0.2, 0.25) is 0 Å². The lowest BCUT2D eigenvalue weighted by atomic mass is 9.84. The maximum absolute atomic E-state index is 14.1. The summed E-state index contributed by atoms with van der Waals surface area (Å²) in [5, 5.41) is 5.70. The lowest BCUT2D eigenvalue weighted by Gasteiger charge is -2.35. The first-order valence-corrected chi connectivity index (χ1v) is 24.3. The number of likely N-dealkylation sites (N-methyl/N-ethyl adjacent to an activating group) is 1. The van der Waals surface area contributed by atoms with Crippen LogP contribution in [0, 0.1) is 5.92 Å². The molecule has 0 bridgehead atoms. The number of pyridine rings is 1. The van der Waals surface area contributed by atoms with E-state index in [-0.39, 0.29) is 49.8 Å². The highest BCUT2D eigenvalue weighted by atomic mass is 32.2. The molecule has 2 atom stereocenters. The fraction of sp³-hybridized carbons (Fsp3) is 0.281. The van der Waals surface area contributed by atoms with Crippen molar-refractivity contribution in [3.63, 3.8) is 0 Å². The number of thioether (sulfide) groups is 1. The first-order valence-electron chi connectivity index (χ1n) is 23.3. The zero-order valence-electron chi connectivity index (χ0n) is 39.6. The highest BCUT2D eigenvalue weighted by Crippen LogP contribution is 2.49. The van der Waals surface area contributed by atoms with Crippen molar-refractivity contribution in [2.45, 2.75) is 62.6 Å². The van der Waals surface area contributed by atoms with Crippen molar-refractivity contribution < 1.29 is 33.4 Å². The zero-order chi connectivity index (χ0) is 48.6. The number of methoxy groups -OCH3 is 1. The maximum atomic E-state index is 14.1. The molecule has 0 saturated carbocycles. The molecule has 1 aliphatic carbocycles. The summed E-state index contributed by atoms with van der Waals surface area (Å²) < 4.78 is 16.2. The maximum Gasteiger partial charge on any atom is 0.407 e. The lowest BCUT2D eigenvalue weighted by Crippen LogP contribution is -2.47. The van der Waals surface area contributed by atoms with Gasteiger partial charge in [-0.3, -0.25) is 19.5 Å². The first kappa shape index (κ1) is 49.9. The number of ether oxygens (including phenoxy) is 3.